The first-order chi connectivity index (χ1) is 14.1. The van der Waals surface area contributed by atoms with Gasteiger partial charge in [0.2, 0.25) is 5.91 Å². The Morgan fingerprint density at radius 3 is 2.97 bits per heavy atom. The fourth-order valence-corrected chi connectivity index (χ4v) is 4.50. The number of amides is 1. The summed E-state index contributed by atoms with van der Waals surface area (Å²) in [7, 11) is 0. The third kappa shape index (κ3) is 3.32. The molecule has 150 valence electrons. The van der Waals surface area contributed by atoms with E-state index in [0.29, 0.717) is 13.2 Å². The van der Waals surface area contributed by atoms with Crippen molar-refractivity contribution >= 4 is 16.9 Å². The number of benzene rings is 1. The minimum absolute atomic E-state index is 0.135. The van der Waals surface area contributed by atoms with Crippen LogP contribution in [-0.4, -0.2) is 47.1 Å². The number of aryl methyl sites for hydroxylation is 1. The van der Waals surface area contributed by atoms with Crippen molar-refractivity contribution in [1.29, 1.82) is 0 Å². The molecular weight excluding hydrogens is 364 g/mol. The number of nitrogens with one attached hydrogen (secondary N) is 2. The van der Waals surface area contributed by atoms with Gasteiger partial charge in [-0.3, -0.25) is 4.79 Å². The number of aromatic nitrogens is 2. The van der Waals surface area contributed by atoms with E-state index in [1.54, 1.807) is 6.92 Å². The molecule has 5 rings (SSSR count). The zero-order valence-corrected chi connectivity index (χ0v) is 16.9. The quantitative estimate of drug-likeness (QED) is 0.705. The summed E-state index contributed by atoms with van der Waals surface area (Å²) in [6.45, 7) is 7.44. The van der Waals surface area contributed by atoms with Gasteiger partial charge in [-0.05, 0) is 53.3 Å². The minimum Gasteiger partial charge on any atom is -0.378 e. The van der Waals surface area contributed by atoms with E-state index in [2.05, 4.69) is 40.4 Å². The molecule has 0 saturated carbocycles. The predicted octanol–water partition coefficient (Wildman–Crippen LogP) is 3.10. The number of carbonyl (C=O) groups excluding carboxylic acids is 1. The summed E-state index contributed by atoms with van der Waals surface area (Å²) in [4.78, 5) is 21.8. The van der Waals surface area contributed by atoms with Crippen molar-refractivity contribution < 1.29 is 9.53 Å². The van der Waals surface area contributed by atoms with Crippen LogP contribution < -0.4 is 5.32 Å². The molecule has 3 aromatic rings. The van der Waals surface area contributed by atoms with Crippen LogP contribution in [0, 0.1) is 6.92 Å². The maximum atomic E-state index is 12.0. The third-order valence-corrected chi connectivity index (χ3v) is 6.19. The normalized spacial score (nSPS) is 19.4. The molecule has 1 aromatic carbocycles. The van der Waals surface area contributed by atoms with Crippen molar-refractivity contribution in [3.05, 3.63) is 52.8 Å². The Balaban J connectivity index is 1.62. The zero-order chi connectivity index (χ0) is 20.0. The van der Waals surface area contributed by atoms with E-state index < -0.39 is 0 Å². The van der Waals surface area contributed by atoms with Gasteiger partial charge in [-0.15, -0.1) is 0 Å². The van der Waals surface area contributed by atoms with Gasteiger partial charge in [-0.2, -0.15) is 0 Å². The molecule has 0 aliphatic carbocycles. The van der Waals surface area contributed by atoms with Crippen molar-refractivity contribution in [2.75, 3.05) is 26.3 Å². The molecule has 1 atom stereocenters. The number of rotatable bonds is 2. The summed E-state index contributed by atoms with van der Waals surface area (Å²) < 4.78 is 5.75. The van der Waals surface area contributed by atoms with Gasteiger partial charge in [-0.1, -0.05) is 6.07 Å². The second-order valence-electron chi connectivity index (χ2n) is 8.07. The molecule has 2 aromatic heterocycles. The highest BCUT2D eigenvalue weighted by Gasteiger charge is 2.26. The summed E-state index contributed by atoms with van der Waals surface area (Å²) in [5.74, 6) is 0.135. The van der Waals surface area contributed by atoms with Gasteiger partial charge in [0.05, 0.1) is 19.3 Å². The predicted molar refractivity (Wildman–Crippen MR) is 113 cm³/mol. The highest BCUT2D eigenvalue weighted by atomic mass is 16.5. The molecule has 6 nitrogen and oxygen atoms in total. The molecule has 1 amide bonds. The van der Waals surface area contributed by atoms with Crippen LogP contribution in [0.25, 0.3) is 22.2 Å². The maximum Gasteiger partial charge on any atom is 0.219 e. The van der Waals surface area contributed by atoms with Gasteiger partial charge in [-0.25, -0.2) is 4.98 Å². The standard InChI is InChI=1S/C23H26N4O2/c1-14-10-25-23-19(14)9-18(11-26-23)17-7-16-3-5-27(15(2)28)12-21(16)20(8-17)22-13-29-6-4-24-22/h7-11,22,24H,3-6,12-13H2,1-2H3,(H,25,26)/t22-/m1/s1. The molecule has 0 radical (unpaired) electrons. The fourth-order valence-electron chi connectivity index (χ4n) is 4.50. The van der Waals surface area contributed by atoms with Gasteiger partial charge >= 0.3 is 0 Å². The van der Waals surface area contributed by atoms with E-state index in [0.717, 1.165) is 42.7 Å². The monoisotopic (exact) mass is 390 g/mol. The largest absolute Gasteiger partial charge is 0.378 e. The Kier molecular flexibility index (Phi) is 4.60. The summed E-state index contributed by atoms with van der Waals surface area (Å²) in [5, 5.41) is 4.75. The summed E-state index contributed by atoms with van der Waals surface area (Å²) >= 11 is 0. The van der Waals surface area contributed by atoms with Crippen molar-refractivity contribution in [2.24, 2.45) is 0 Å². The van der Waals surface area contributed by atoms with Crippen LogP contribution in [0.3, 0.4) is 0 Å². The van der Waals surface area contributed by atoms with E-state index in [4.69, 9.17) is 4.74 Å². The zero-order valence-electron chi connectivity index (χ0n) is 16.9. The molecule has 0 spiro atoms. The number of morpholine rings is 1. The van der Waals surface area contributed by atoms with Crippen LogP contribution in [0.4, 0.5) is 0 Å². The smallest absolute Gasteiger partial charge is 0.219 e. The minimum atomic E-state index is 0.135. The number of carbonyl (C=O) groups is 1. The van der Waals surface area contributed by atoms with E-state index in [-0.39, 0.29) is 11.9 Å². The Hall–Kier alpha value is -2.70. The van der Waals surface area contributed by atoms with Crippen LogP contribution in [0.1, 0.15) is 35.2 Å². The molecule has 29 heavy (non-hydrogen) atoms. The van der Waals surface area contributed by atoms with Gasteiger partial charge in [0.1, 0.15) is 5.65 Å². The van der Waals surface area contributed by atoms with Gasteiger partial charge < -0.3 is 19.9 Å². The number of pyridine rings is 1. The third-order valence-electron chi connectivity index (χ3n) is 6.19. The Morgan fingerprint density at radius 2 is 2.17 bits per heavy atom. The topological polar surface area (TPSA) is 70.2 Å². The number of fused-ring (bicyclic) bond motifs is 2. The number of ether oxygens (including phenoxy) is 1. The Labute approximate surface area is 170 Å². The SMILES string of the molecule is CC(=O)N1CCc2cc(-c3cnc4[nH]cc(C)c4c3)cc([C@H]3COCCN3)c2C1. The molecule has 1 fully saturated rings. The van der Waals surface area contributed by atoms with Crippen LogP contribution >= 0.6 is 0 Å². The van der Waals surface area contributed by atoms with Crippen molar-refractivity contribution in [3.8, 4) is 11.1 Å². The lowest BCUT2D eigenvalue weighted by Gasteiger charge is -2.33. The van der Waals surface area contributed by atoms with Crippen LogP contribution in [0.2, 0.25) is 0 Å². The molecule has 0 bridgehead atoms. The lowest BCUT2D eigenvalue weighted by atomic mass is 9.87. The van der Waals surface area contributed by atoms with E-state index in [1.807, 2.05) is 17.3 Å². The first-order valence-electron chi connectivity index (χ1n) is 10.3. The van der Waals surface area contributed by atoms with E-state index >= 15 is 0 Å². The van der Waals surface area contributed by atoms with Crippen LogP contribution in [-0.2, 0) is 22.5 Å². The molecule has 4 heterocycles. The van der Waals surface area contributed by atoms with Crippen molar-refractivity contribution in [1.82, 2.24) is 20.2 Å². The molecule has 0 unspecified atom stereocenters. The first-order valence-corrected chi connectivity index (χ1v) is 10.3. The van der Waals surface area contributed by atoms with Crippen molar-refractivity contribution in [3.63, 3.8) is 0 Å². The first kappa shape index (κ1) is 18.3. The molecule has 6 heteroatoms. The number of hydrogen-bond acceptors (Lipinski definition) is 4. The highest BCUT2D eigenvalue weighted by Crippen LogP contribution is 2.34. The van der Waals surface area contributed by atoms with E-state index in [9.17, 15) is 4.79 Å². The van der Waals surface area contributed by atoms with Gasteiger partial charge in [0.25, 0.3) is 0 Å². The molecule has 2 aliphatic rings. The Morgan fingerprint density at radius 1 is 1.28 bits per heavy atom. The number of hydrogen-bond donors (Lipinski definition) is 2. The summed E-state index contributed by atoms with van der Waals surface area (Å²) in [6.07, 6.45) is 4.82. The summed E-state index contributed by atoms with van der Waals surface area (Å²) in [6, 6.07) is 6.91. The number of nitrogens with zero attached hydrogens (tertiary/aromatic N) is 2. The molecule has 2 N–H and O–H groups in total. The van der Waals surface area contributed by atoms with Gasteiger partial charge in [0.15, 0.2) is 0 Å². The lowest BCUT2D eigenvalue weighted by Crippen LogP contribution is -2.38. The van der Waals surface area contributed by atoms with Crippen molar-refractivity contribution in [2.45, 2.75) is 32.9 Å². The second kappa shape index (κ2) is 7.28. The van der Waals surface area contributed by atoms with Crippen LogP contribution in [0.15, 0.2) is 30.6 Å². The number of H-pyrrole nitrogens is 1. The second-order valence-corrected chi connectivity index (χ2v) is 8.07. The average molecular weight is 390 g/mol. The lowest BCUT2D eigenvalue weighted by molar-refractivity contribution is -0.129. The van der Waals surface area contributed by atoms with Crippen LogP contribution in [0.5, 0.6) is 0 Å². The van der Waals surface area contributed by atoms with E-state index in [1.165, 1.54) is 27.8 Å². The average Bonchev–Trinajstić information content (AvgIpc) is 3.13. The highest BCUT2D eigenvalue weighted by molar-refractivity contribution is 5.84. The van der Waals surface area contributed by atoms with Gasteiger partial charge in [0, 0.05) is 49.9 Å². The number of aromatic amines is 1. The molecule has 1 saturated heterocycles. The molecule has 2 aliphatic heterocycles. The Bertz CT molecular complexity index is 1080. The summed E-state index contributed by atoms with van der Waals surface area (Å²) in [5.41, 5.74) is 8.26. The maximum absolute atomic E-state index is 12.0. The fraction of sp³-hybridized carbons (Fsp3) is 0.391. The molecular formula is C23H26N4O2.